The van der Waals surface area contributed by atoms with E-state index in [9.17, 15) is 9.18 Å². The predicted molar refractivity (Wildman–Crippen MR) is 70.6 cm³/mol. The highest BCUT2D eigenvalue weighted by atomic mass is 79.9. The maximum Gasteiger partial charge on any atom is 0.269 e. The van der Waals surface area contributed by atoms with Crippen LogP contribution in [-0.4, -0.2) is 17.6 Å². The van der Waals surface area contributed by atoms with Crippen LogP contribution in [0.5, 0.6) is 0 Å². The maximum absolute atomic E-state index is 13.2. The first-order valence-corrected chi connectivity index (χ1v) is 6.59. The van der Waals surface area contributed by atoms with Gasteiger partial charge < -0.3 is 9.47 Å². The summed E-state index contributed by atoms with van der Waals surface area (Å²) < 4.78 is 25.9. The molecular weight excluding hydrogens is 317 g/mol. The third-order valence-electron chi connectivity index (χ3n) is 3.21. The summed E-state index contributed by atoms with van der Waals surface area (Å²) in [5.41, 5.74) is 0.860. The zero-order valence-corrected chi connectivity index (χ0v) is 11.7. The zero-order valence-electron chi connectivity index (χ0n) is 10.2. The summed E-state index contributed by atoms with van der Waals surface area (Å²) in [6, 6.07) is 4.62. The minimum Gasteiger partial charge on any atom is -0.344 e. The molecule has 1 aliphatic heterocycles. The molecule has 2 aromatic heterocycles. The molecule has 1 saturated heterocycles. The monoisotopic (exact) mass is 327 g/mol. The van der Waals surface area contributed by atoms with Crippen LogP contribution < -0.4 is 5.56 Å². The molecule has 0 N–H and O–H groups in total. The number of nitrogens with zero attached hydrogens (tertiary/aromatic N) is 1. The molecule has 100 valence electrons. The average Bonchev–Trinajstić information content (AvgIpc) is 2.82. The number of rotatable bonds is 1. The summed E-state index contributed by atoms with van der Waals surface area (Å²) in [5, 5.41) is 0. The molecule has 0 saturated carbocycles. The van der Waals surface area contributed by atoms with Crippen LogP contribution in [0.1, 0.15) is 12.5 Å². The Hall–Kier alpha value is -1.24. The zero-order chi connectivity index (χ0) is 13.6. The normalized spacial score (nSPS) is 18.1. The van der Waals surface area contributed by atoms with Crippen LogP contribution >= 0.6 is 15.9 Å². The second-order valence-corrected chi connectivity index (χ2v) is 5.25. The molecule has 2 aromatic rings. The van der Waals surface area contributed by atoms with E-state index < -0.39 is 11.6 Å². The van der Waals surface area contributed by atoms with Crippen molar-refractivity contribution in [1.82, 2.24) is 4.40 Å². The second kappa shape index (κ2) is 4.40. The van der Waals surface area contributed by atoms with Gasteiger partial charge in [-0.1, -0.05) is 0 Å². The van der Waals surface area contributed by atoms with Crippen LogP contribution in [0.2, 0.25) is 0 Å². The molecule has 0 radical (unpaired) electrons. The SMILES string of the molecule is CC1(c2cc3ccc(F)cn3c(=O)c2Br)OCCO1. The average molecular weight is 328 g/mol. The van der Waals surface area contributed by atoms with Crippen molar-refractivity contribution in [3.05, 3.63) is 50.6 Å². The Kier molecular flexibility index (Phi) is 2.96. The Morgan fingerprint density at radius 3 is 2.74 bits per heavy atom. The van der Waals surface area contributed by atoms with Crippen LogP contribution in [0.25, 0.3) is 5.52 Å². The van der Waals surface area contributed by atoms with Crippen molar-refractivity contribution in [2.24, 2.45) is 0 Å². The highest BCUT2D eigenvalue weighted by Crippen LogP contribution is 2.34. The van der Waals surface area contributed by atoms with E-state index in [-0.39, 0.29) is 5.56 Å². The van der Waals surface area contributed by atoms with E-state index in [0.717, 1.165) is 6.20 Å². The van der Waals surface area contributed by atoms with Crippen LogP contribution in [-0.2, 0) is 15.3 Å². The predicted octanol–water partition coefficient (Wildman–Crippen LogP) is 2.42. The van der Waals surface area contributed by atoms with Gasteiger partial charge in [-0.2, -0.15) is 0 Å². The Balaban J connectivity index is 2.30. The van der Waals surface area contributed by atoms with Crippen molar-refractivity contribution in [3.8, 4) is 0 Å². The summed E-state index contributed by atoms with van der Waals surface area (Å²) in [6.07, 6.45) is 1.16. The van der Waals surface area contributed by atoms with Crippen LogP contribution in [0.4, 0.5) is 4.39 Å². The van der Waals surface area contributed by atoms with Gasteiger partial charge in [0.1, 0.15) is 5.82 Å². The number of ether oxygens (including phenoxy) is 2. The highest BCUT2D eigenvalue weighted by molar-refractivity contribution is 9.10. The van der Waals surface area contributed by atoms with Gasteiger partial charge in [0.15, 0.2) is 5.79 Å². The lowest BCUT2D eigenvalue weighted by atomic mass is 10.1. The Bertz CT molecular complexity index is 707. The molecule has 0 aliphatic carbocycles. The fraction of sp³-hybridized carbons (Fsp3) is 0.308. The Morgan fingerprint density at radius 1 is 1.37 bits per heavy atom. The second-order valence-electron chi connectivity index (χ2n) is 4.46. The topological polar surface area (TPSA) is 39.9 Å². The minimum absolute atomic E-state index is 0.319. The summed E-state index contributed by atoms with van der Waals surface area (Å²) >= 11 is 3.26. The fourth-order valence-electron chi connectivity index (χ4n) is 2.21. The van der Waals surface area contributed by atoms with Gasteiger partial charge in [0, 0.05) is 17.3 Å². The van der Waals surface area contributed by atoms with E-state index in [1.807, 2.05) is 0 Å². The van der Waals surface area contributed by atoms with Crippen molar-refractivity contribution in [3.63, 3.8) is 0 Å². The van der Waals surface area contributed by atoms with Crippen molar-refractivity contribution < 1.29 is 13.9 Å². The molecule has 3 heterocycles. The first kappa shape index (κ1) is 12.8. The van der Waals surface area contributed by atoms with Gasteiger partial charge in [0.05, 0.1) is 17.7 Å². The van der Waals surface area contributed by atoms with E-state index in [0.29, 0.717) is 28.8 Å². The molecule has 0 spiro atoms. The van der Waals surface area contributed by atoms with E-state index in [2.05, 4.69) is 15.9 Å². The van der Waals surface area contributed by atoms with Gasteiger partial charge in [-0.25, -0.2) is 4.39 Å². The molecule has 0 atom stereocenters. The third kappa shape index (κ3) is 2.00. The molecule has 4 nitrogen and oxygen atoms in total. The van der Waals surface area contributed by atoms with Gasteiger partial charge in [-0.05, 0) is 41.1 Å². The van der Waals surface area contributed by atoms with Gasteiger partial charge in [0.2, 0.25) is 0 Å². The smallest absolute Gasteiger partial charge is 0.269 e. The summed E-state index contributed by atoms with van der Waals surface area (Å²) in [7, 11) is 0. The molecule has 0 aromatic carbocycles. The number of aromatic nitrogens is 1. The van der Waals surface area contributed by atoms with Crippen LogP contribution in [0.3, 0.4) is 0 Å². The lowest BCUT2D eigenvalue weighted by molar-refractivity contribution is -0.150. The Morgan fingerprint density at radius 2 is 2.05 bits per heavy atom. The van der Waals surface area contributed by atoms with Crippen LogP contribution in [0.15, 0.2) is 33.7 Å². The highest BCUT2D eigenvalue weighted by Gasteiger charge is 2.36. The standard InChI is InChI=1S/C13H11BrFNO3/c1-13(18-4-5-19-13)10-6-9-3-2-8(15)7-16(9)12(17)11(10)14/h2-3,6-7H,4-5H2,1H3. The van der Waals surface area contributed by atoms with Crippen molar-refractivity contribution in [2.75, 3.05) is 13.2 Å². The summed E-state index contributed by atoms with van der Waals surface area (Å²) in [6.45, 7) is 2.72. The van der Waals surface area contributed by atoms with Crippen molar-refractivity contribution >= 4 is 21.4 Å². The van der Waals surface area contributed by atoms with Gasteiger partial charge >= 0.3 is 0 Å². The number of fused-ring (bicyclic) bond motifs is 1. The minimum atomic E-state index is -0.943. The van der Waals surface area contributed by atoms with Gasteiger partial charge in [0.25, 0.3) is 5.56 Å². The van der Waals surface area contributed by atoms with Gasteiger partial charge in [-0.3, -0.25) is 9.20 Å². The number of hydrogen-bond donors (Lipinski definition) is 0. The van der Waals surface area contributed by atoms with E-state index >= 15 is 0 Å². The lowest BCUT2D eigenvalue weighted by Crippen LogP contribution is -2.27. The Labute approximate surface area is 116 Å². The molecule has 19 heavy (non-hydrogen) atoms. The summed E-state index contributed by atoms with van der Waals surface area (Å²) in [5.74, 6) is -1.41. The first-order chi connectivity index (χ1) is 9.01. The number of hydrogen-bond acceptors (Lipinski definition) is 3. The molecule has 3 rings (SSSR count). The van der Waals surface area contributed by atoms with Crippen molar-refractivity contribution in [1.29, 1.82) is 0 Å². The number of pyridine rings is 2. The quantitative estimate of drug-likeness (QED) is 0.807. The van der Waals surface area contributed by atoms with Gasteiger partial charge in [-0.15, -0.1) is 0 Å². The molecule has 6 heteroatoms. The largest absolute Gasteiger partial charge is 0.344 e. The molecule has 0 amide bonds. The molecule has 0 unspecified atom stereocenters. The lowest BCUT2D eigenvalue weighted by Gasteiger charge is -2.24. The van der Waals surface area contributed by atoms with Crippen molar-refractivity contribution in [2.45, 2.75) is 12.7 Å². The fourth-order valence-corrected chi connectivity index (χ4v) is 2.88. The van der Waals surface area contributed by atoms with E-state index in [1.165, 1.54) is 10.5 Å². The number of halogens is 2. The summed E-state index contributed by atoms with van der Waals surface area (Å²) in [4.78, 5) is 12.2. The molecule has 1 aliphatic rings. The molecule has 0 bridgehead atoms. The first-order valence-electron chi connectivity index (χ1n) is 5.80. The third-order valence-corrected chi connectivity index (χ3v) is 3.97. The van der Waals surface area contributed by atoms with E-state index in [1.54, 1.807) is 19.1 Å². The maximum atomic E-state index is 13.2. The van der Waals surface area contributed by atoms with E-state index in [4.69, 9.17) is 9.47 Å². The molecular formula is C13H11BrFNO3. The molecule has 1 fully saturated rings. The van der Waals surface area contributed by atoms with Crippen LogP contribution in [0, 0.1) is 5.82 Å².